The van der Waals surface area contributed by atoms with Crippen molar-refractivity contribution in [2.75, 3.05) is 5.32 Å². The zero-order valence-corrected chi connectivity index (χ0v) is 16.4. The average molecular weight is 363 g/mol. The lowest BCUT2D eigenvalue weighted by atomic mass is 9.98. The summed E-state index contributed by atoms with van der Waals surface area (Å²) in [6, 6.07) is 13.0. The molecule has 3 aromatic rings. The maximum Gasteiger partial charge on any atom is 0.276 e. The first-order chi connectivity index (χ1) is 12.8. The van der Waals surface area contributed by atoms with E-state index in [0.29, 0.717) is 10.8 Å². The number of benzene rings is 2. The normalized spacial score (nSPS) is 11.4. The number of carbonyl (C=O) groups is 1. The van der Waals surface area contributed by atoms with Gasteiger partial charge in [0.2, 0.25) is 0 Å². The van der Waals surface area contributed by atoms with Gasteiger partial charge in [-0.05, 0) is 43.9 Å². The molecule has 1 heterocycles. The van der Waals surface area contributed by atoms with E-state index < -0.39 is 0 Å². The number of aryl methyl sites for hydroxylation is 1. The summed E-state index contributed by atoms with van der Waals surface area (Å²) in [4.78, 5) is 25.8. The van der Waals surface area contributed by atoms with Crippen LogP contribution in [0.25, 0.3) is 10.8 Å². The second-order valence-electron chi connectivity index (χ2n) is 7.39. The number of rotatable bonds is 4. The van der Waals surface area contributed by atoms with Crippen LogP contribution in [-0.4, -0.2) is 15.7 Å². The van der Waals surface area contributed by atoms with E-state index in [1.54, 1.807) is 18.2 Å². The standard InChI is InChI=1S/C22H25N3O2/c1-13(2)16-12-8-9-15(5)19(16)23-21(26)20-17-10-6-7-11-18(17)22(27)25(24-20)14(3)4/h6-14H,1-5H3,(H,23,26). The van der Waals surface area contributed by atoms with Crippen molar-refractivity contribution in [2.45, 2.75) is 46.6 Å². The number of amides is 1. The van der Waals surface area contributed by atoms with Gasteiger partial charge in [-0.15, -0.1) is 0 Å². The summed E-state index contributed by atoms with van der Waals surface area (Å²) >= 11 is 0. The van der Waals surface area contributed by atoms with Gasteiger partial charge in [0.05, 0.1) is 11.4 Å². The fourth-order valence-corrected chi connectivity index (χ4v) is 3.24. The lowest BCUT2D eigenvalue weighted by Gasteiger charge is -2.17. The molecule has 0 saturated heterocycles. The van der Waals surface area contributed by atoms with Gasteiger partial charge in [-0.1, -0.05) is 50.2 Å². The molecule has 0 aliphatic carbocycles. The summed E-state index contributed by atoms with van der Waals surface area (Å²) in [6.07, 6.45) is 0. The van der Waals surface area contributed by atoms with Gasteiger partial charge < -0.3 is 5.32 Å². The Bertz CT molecular complexity index is 1060. The Morgan fingerprint density at radius 1 is 1.00 bits per heavy atom. The summed E-state index contributed by atoms with van der Waals surface area (Å²) in [5, 5.41) is 8.50. The Hall–Kier alpha value is -2.95. The van der Waals surface area contributed by atoms with Gasteiger partial charge >= 0.3 is 0 Å². The molecule has 1 aromatic heterocycles. The van der Waals surface area contributed by atoms with Gasteiger partial charge in [-0.3, -0.25) is 9.59 Å². The van der Waals surface area contributed by atoms with Crippen molar-refractivity contribution in [3.8, 4) is 0 Å². The Morgan fingerprint density at radius 2 is 1.67 bits per heavy atom. The van der Waals surface area contributed by atoms with Gasteiger partial charge in [-0.25, -0.2) is 4.68 Å². The molecule has 1 N–H and O–H groups in total. The molecule has 0 atom stereocenters. The molecule has 0 saturated carbocycles. The molecular weight excluding hydrogens is 338 g/mol. The number of anilines is 1. The minimum atomic E-state index is -0.309. The van der Waals surface area contributed by atoms with Crippen molar-refractivity contribution in [3.05, 3.63) is 69.6 Å². The maximum absolute atomic E-state index is 13.2. The highest BCUT2D eigenvalue weighted by Gasteiger charge is 2.20. The van der Waals surface area contributed by atoms with E-state index in [4.69, 9.17) is 0 Å². The molecule has 0 radical (unpaired) electrons. The van der Waals surface area contributed by atoms with Crippen molar-refractivity contribution in [1.29, 1.82) is 0 Å². The molecule has 2 aromatic carbocycles. The summed E-state index contributed by atoms with van der Waals surface area (Å²) < 4.78 is 1.37. The third-order valence-corrected chi connectivity index (χ3v) is 4.70. The van der Waals surface area contributed by atoms with E-state index in [-0.39, 0.29) is 29.1 Å². The number of nitrogens with one attached hydrogen (secondary N) is 1. The number of hydrogen-bond acceptors (Lipinski definition) is 3. The monoisotopic (exact) mass is 363 g/mol. The van der Waals surface area contributed by atoms with Crippen LogP contribution in [0.1, 0.15) is 61.3 Å². The number of para-hydroxylation sites is 1. The Morgan fingerprint density at radius 3 is 2.30 bits per heavy atom. The maximum atomic E-state index is 13.2. The summed E-state index contributed by atoms with van der Waals surface area (Å²) in [7, 11) is 0. The third kappa shape index (κ3) is 3.50. The van der Waals surface area contributed by atoms with Crippen molar-refractivity contribution >= 4 is 22.4 Å². The van der Waals surface area contributed by atoms with Crippen LogP contribution in [0.3, 0.4) is 0 Å². The molecule has 5 heteroatoms. The molecule has 0 spiro atoms. The van der Waals surface area contributed by atoms with E-state index in [9.17, 15) is 9.59 Å². The lowest BCUT2D eigenvalue weighted by Crippen LogP contribution is -2.29. The Balaban J connectivity index is 2.15. The average Bonchev–Trinajstić information content (AvgIpc) is 2.63. The highest BCUT2D eigenvalue weighted by Crippen LogP contribution is 2.28. The molecule has 0 unspecified atom stereocenters. The molecule has 0 aliphatic heterocycles. The molecule has 1 amide bonds. The van der Waals surface area contributed by atoms with Crippen LogP contribution in [0.5, 0.6) is 0 Å². The SMILES string of the molecule is Cc1cccc(C(C)C)c1NC(=O)c1nn(C(C)C)c(=O)c2ccccc12. The summed E-state index contributed by atoms with van der Waals surface area (Å²) in [5.41, 5.74) is 2.96. The van der Waals surface area contributed by atoms with E-state index in [1.807, 2.05) is 45.0 Å². The molecule has 140 valence electrons. The Kier molecular flexibility index (Phi) is 5.13. The van der Waals surface area contributed by atoms with Gasteiger partial charge in [0.25, 0.3) is 11.5 Å². The molecule has 0 bridgehead atoms. The molecule has 3 rings (SSSR count). The van der Waals surface area contributed by atoms with Gasteiger partial charge in [0.1, 0.15) is 0 Å². The van der Waals surface area contributed by atoms with Crippen LogP contribution in [0.2, 0.25) is 0 Å². The van der Waals surface area contributed by atoms with Gasteiger partial charge in [-0.2, -0.15) is 5.10 Å². The first-order valence-electron chi connectivity index (χ1n) is 9.23. The van der Waals surface area contributed by atoms with Crippen LogP contribution < -0.4 is 10.9 Å². The predicted octanol–water partition coefficient (Wildman–Crippen LogP) is 4.66. The van der Waals surface area contributed by atoms with E-state index >= 15 is 0 Å². The topological polar surface area (TPSA) is 64.0 Å². The van der Waals surface area contributed by atoms with Crippen molar-refractivity contribution in [2.24, 2.45) is 0 Å². The number of aromatic nitrogens is 2. The summed E-state index contributed by atoms with van der Waals surface area (Å²) in [6.45, 7) is 9.92. The second kappa shape index (κ2) is 7.35. The minimum absolute atomic E-state index is 0.140. The van der Waals surface area contributed by atoms with Crippen LogP contribution in [-0.2, 0) is 0 Å². The van der Waals surface area contributed by atoms with Crippen LogP contribution in [0.4, 0.5) is 5.69 Å². The lowest BCUT2D eigenvalue weighted by molar-refractivity contribution is 0.102. The zero-order valence-electron chi connectivity index (χ0n) is 16.4. The molecule has 27 heavy (non-hydrogen) atoms. The fraction of sp³-hybridized carbons (Fsp3) is 0.318. The summed E-state index contributed by atoms with van der Waals surface area (Å²) in [5.74, 6) is -0.0358. The third-order valence-electron chi connectivity index (χ3n) is 4.70. The second-order valence-corrected chi connectivity index (χ2v) is 7.39. The molecule has 0 fully saturated rings. The van der Waals surface area contributed by atoms with Crippen molar-refractivity contribution in [1.82, 2.24) is 9.78 Å². The smallest absolute Gasteiger partial charge is 0.276 e. The van der Waals surface area contributed by atoms with E-state index in [0.717, 1.165) is 16.8 Å². The van der Waals surface area contributed by atoms with Crippen LogP contribution >= 0.6 is 0 Å². The molecular formula is C22H25N3O2. The van der Waals surface area contributed by atoms with Crippen LogP contribution in [0.15, 0.2) is 47.3 Å². The predicted molar refractivity (Wildman–Crippen MR) is 110 cm³/mol. The van der Waals surface area contributed by atoms with E-state index in [2.05, 4.69) is 24.3 Å². The van der Waals surface area contributed by atoms with E-state index in [1.165, 1.54) is 4.68 Å². The highest BCUT2D eigenvalue weighted by molar-refractivity contribution is 6.11. The fourth-order valence-electron chi connectivity index (χ4n) is 3.24. The first-order valence-corrected chi connectivity index (χ1v) is 9.23. The molecule has 0 aliphatic rings. The number of fused-ring (bicyclic) bond motifs is 1. The van der Waals surface area contributed by atoms with Crippen LogP contribution in [0, 0.1) is 6.92 Å². The van der Waals surface area contributed by atoms with Gasteiger partial charge in [0, 0.05) is 11.1 Å². The largest absolute Gasteiger partial charge is 0.320 e. The van der Waals surface area contributed by atoms with Gasteiger partial charge in [0.15, 0.2) is 5.69 Å². The number of nitrogens with zero attached hydrogens (tertiary/aromatic N) is 2. The highest BCUT2D eigenvalue weighted by atomic mass is 16.2. The van der Waals surface area contributed by atoms with Crippen molar-refractivity contribution in [3.63, 3.8) is 0 Å². The Labute approximate surface area is 159 Å². The minimum Gasteiger partial charge on any atom is -0.320 e. The number of hydrogen-bond donors (Lipinski definition) is 1. The number of carbonyl (C=O) groups excluding carboxylic acids is 1. The van der Waals surface area contributed by atoms with Crippen molar-refractivity contribution < 1.29 is 4.79 Å². The quantitative estimate of drug-likeness (QED) is 0.733. The zero-order chi connectivity index (χ0) is 19.7. The first kappa shape index (κ1) is 18.8. The molecule has 5 nitrogen and oxygen atoms in total.